The van der Waals surface area contributed by atoms with Crippen molar-refractivity contribution in [1.29, 1.82) is 0 Å². The van der Waals surface area contributed by atoms with Crippen LogP contribution >= 0.6 is 0 Å². The summed E-state index contributed by atoms with van der Waals surface area (Å²) >= 11 is 0. The van der Waals surface area contributed by atoms with Gasteiger partial charge in [-0.05, 0) is 18.9 Å². The molecule has 100 valence electrons. The van der Waals surface area contributed by atoms with Crippen LogP contribution in [0, 0.1) is 0 Å². The van der Waals surface area contributed by atoms with E-state index in [9.17, 15) is 4.79 Å². The van der Waals surface area contributed by atoms with Crippen molar-refractivity contribution in [3.8, 4) is 0 Å². The number of aryl methyl sites for hydroxylation is 1. The van der Waals surface area contributed by atoms with Crippen LogP contribution in [0.15, 0.2) is 12.3 Å². The highest BCUT2D eigenvalue weighted by molar-refractivity contribution is 5.69. The Morgan fingerprint density at radius 2 is 2.28 bits per heavy atom. The summed E-state index contributed by atoms with van der Waals surface area (Å²) < 4.78 is 1.85. The first-order chi connectivity index (χ1) is 8.66. The molecule has 0 unspecified atom stereocenters. The molecule has 1 aliphatic rings. The third-order valence-electron chi connectivity index (χ3n) is 3.76. The number of nitrogens with zero attached hydrogens (tertiary/aromatic N) is 3. The van der Waals surface area contributed by atoms with Crippen LogP contribution in [0.25, 0.3) is 0 Å². The van der Waals surface area contributed by atoms with E-state index < -0.39 is 5.97 Å². The quantitative estimate of drug-likeness (QED) is 0.827. The van der Waals surface area contributed by atoms with Crippen molar-refractivity contribution < 1.29 is 9.90 Å². The first-order valence-electron chi connectivity index (χ1n) is 6.59. The van der Waals surface area contributed by atoms with Crippen molar-refractivity contribution in [3.05, 3.63) is 18.0 Å². The van der Waals surface area contributed by atoms with Gasteiger partial charge in [-0.3, -0.25) is 14.4 Å². The van der Waals surface area contributed by atoms with Crippen LogP contribution in [-0.2, 0) is 18.3 Å². The minimum atomic E-state index is -0.730. The van der Waals surface area contributed by atoms with Crippen LogP contribution in [0.3, 0.4) is 0 Å². The van der Waals surface area contributed by atoms with Gasteiger partial charge >= 0.3 is 5.97 Å². The molecule has 0 atom stereocenters. The number of carboxylic acids is 1. The Labute approximate surface area is 107 Å². The zero-order valence-corrected chi connectivity index (χ0v) is 10.9. The lowest BCUT2D eigenvalue weighted by Crippen LogP contribution is -2.39. The van der Waals surface area contributed by atoms with Crippen LogP contribution in [0.5, 0.6) is 0 Å². The molecule has 1 aromatic heterocycles. The normalized spacial score (nSPS) is 16.6. The fourth-order valence-electron chi connectivity index (χ4n) is 2.74. The topological polar surface area (TPSA) is 58.4 Å². The standard InChI is InChI=1S/C13H21N3O2/c1-15-11(6-8-14-15)7-9-16(10-13(17)18)12-4-2-3-5-12/h6,8,12H,2-5,7,9-10H2,1H3,(H,17,18). The Morgan fingerprint density at radius 1 is 1.56 bits per heavy atom. The highest BCUT2D eigenvalue weighted by Crippen LogP contribution is 2.23. The van der Waals surface area contributed by atoms with Crippen molar-refractivity contribution in [3.63, 3.8) is 0 Å². The molecular formula is C13H21N3O2. The zero-order valence-electron chi connectivity index (χ0n) is 10.9. The number of aliphatic carboxylic acids is 1. The van der Waals surface area contributed by atoms with E-state index in [0.29, 0.717) is 6.04 Å². The Bertz CT molecular complexity index is 397. The largest absolute Gasteiger partial charge is 0.480 e. The van der Waals surface area contributed by atoms with Gasteiger partial charge in [0.1, 0.15) is 0 Å². The Hall–Kier alpha value is -1.36. The van der Waals surface area contributed by atoms with E-state index >= 15 is 0 Å². The van der Waals surface area contributed by atoms with E-state index in [0.717, 1.165) is 31.5 Å². The summed E-state index contributed by atoms with van der Waals surface area (Å²) in [4.78, 5) is 13.0. The molecule has 1 aromatic rings. The first kappa shape index (κ1) is 13.1. The molecule has 1 aliphatic carbocycles. The molecule has 0 amide bonds. The molecule has 0 radical (unpaired) electrons. The molecule has 5 heteroatoms. The monoisotopic (exact) mass is 251 g/mol. The van der Waals surface area contributed by atoms with E-state index in [2.05, 4.69) is 10.00 Å². The summed E-state index contributed by atoms with van der Waals surface area (Å²) in [6.07, 6.45) is 7.38. The molecule has 1 saturated carbocycles. The van der Waals surface area contributed by atoms with Gasteiger partial charge in [-0.15, -0.1) is 0 Å². The number of carbonyl (C=O) groups is 1. The molecule has 0 bridgehead atoms. The Balaban J connectivity index is 1.92. The predicted octanol–water partition coefficient (Wildman–Crippen LogP) is 1.29. The maximum Gasteiger partial charge on any atom is 0.317 e. The van der Waals surface area contributed by atoms with Crippen molar-refractivity contribution in [2.24, 2.45) is 7.05 Å². The highest BCUT2D eigenvalue weighted by atomic mass is 16.4. The fourth-order valence-corrected chi connectivity index (χ4v) is 2.74. The minimum Gasteiger partial charge on any atom is -0.480 e. The summed E-state index contributed by atoms with van der Waals surface area (Å²) in [5, 5.41) is 13.1. The molecule has 5 nitrogen and oxygen atoms in total. The van der Waals surface area contributed by atoms with Crippen molar-refractivity contribution in [2.75, 3.05) is 13.1 Å². The fraction of sp³-hybridized carbons (Fsp3) is 0.692. The van der Waals surface area contributed by atoms with Crippen molar-refractivity contribution >= 4 is 5.97 Å². The molecule has 1 N–H and O–H groups in total. The van der Waals surface area contributed by atoms with E-state index in [-0.39, 0.29) is 6.54 Å². The second kappa shape index (κ2) is 6.00. The van der Waals surface area contributed by atoms with E-state index in [1.807, 2.05) is 17.8 Å². The summed E-state index contributed by atoms with van der Waals surface area (Å²) in [5.74, 6) is -0.730. The number of hydrogen-bond donors (Lipinski definition) is 1. The summed E-state index contributed by atoms with van der Waals surface area (Å²) in [7, 11) is 1.92. The maximum atomic E-state index is 10.9. The van der Waals surface area contributed by atoms with Crippen LogP contribution in [0.4, 0.5) is 0 Å². The van der Waals surface area contributed by atoms with Crippen LogP contribution in [0.1, 0.15) is 31.4 Å². The summed E-state index contributed by atoms with van der Waals surface area (Å²) in [5.41, 5.74) is 1.16. The molecule has 0 saturated heterocycles. The van der Waals surface area contributed by atoms with Gasteiger partial charge in [0.15, 0.2) is 0 Å². The molecule has 0 aromatic carbocycles. The van der Waals surface area contributed by atoms with Crippen LogP contribution in [-0.4, -0.2) is 44.9 Å². The van der Waals surface area contributed by atoms with Gasteiger partial charge < -0.3 is 5.11 Å². The second-order valence-corrected chi connectivity index (χ2v) is 5.00. The number of hydrogen-bond acceptors (Lipinski definition) is 3. The second-order valence-electron chi connectivity index (χ2n) is 5.00. The Morgan fingerprint density at radius 3 is 2.83 bits per heavy atom. The minimum absolute atomic E-state index is 0.155. The Kier molecular flexibility index (Phi) is 4.36. The molecule has 0 spiro atoms. The lowest BCUT2D eigenvalue weighted by molar-refractivity contribution is -0.138. The highest BCUT2D eigenvalue weighted by Gasteiger charge is 2.24. The molecule has 2 rings (SSSR count). The van der Waals surface area contributed by atoms with Gasteiger partial charge in [0, 0.05) is 37.9 Å². The molecule has 1 heterocycles. The van der Waals surface area contributed by atoms with Gasteiger partial charge in [-0.25, -0.2) is 0 Å². The predicted molar refractivity (Wildman–Crippen MR) is 68.4 cm³/mol. The smallest absolute Gasteiger partial charge is 0.317 e. The maximum absolute atomic E-state index is 10.9. The van der Waals surface area contributed by atoms with E-state index in [4.69, 9.17) is 5.11 Å². The number of carboxylic acid groups (broad SMARTS) is 1. The third-order valence-corrected chi connectivity index (χ3v) is 3.76. The van der Waals surface area contributed by atoms with E-state index in [1.165, 1.54) is 12.8 Å². The first-order valence-corrected chi connectivity index (χ1v) is 6.59. The van der Waals surface area contributed by atoms with Crippen LogP contribution in [0.2, 0.25) is 0 Å². The van der Waals surface area contributed by atoms with Crippen molar-refractivity contribution in [2.45, 2.75) is 38.1 Å². The van der Waals surface area contributed by atoms with Gasteiger partial charge in [0.05, 0.1) is 6.54 Å². The summed E-state index contributed by atoms with van der Waals surface area (Å²) in [6, 6.07) is 2.45. The van der Waals surface area contributed by atoms with Gasteiger partial charge in [-0.1, -0.05) is 12.8 Å². The lowest BCUT2D eigenvalue weighted by atomic mass is 10.2. The zero-order chi connectivity index (χ0) is 13.0. The summed E-state index contributed by atoms with van der Waals surface area (Å²) in [6.45, 7) is 0.957. The van der Waals surface area contributed by atoms with Gasteiger partial charge in [0.25, 0.3) is 0 Å². The van der Waals surface area contributed by atoms with Crippen molar-refractivity contribution in [1.82, 2.24) is 14.7 Å². The average Bonchev–Trinajstić information content (AvgIpc) is 2.95. The molecule has 18 heavy (non-hydrogen) atoms. The SMILES string of the molecule is Cn1nccc1CCN(CC(=O)O)C1CCCC1. The average molecular weight is 251 g/mol. The number of aromatic nitrogens is 2. The lowest BCUT2D eigenvalue weighted by Gasteiger charge is -2.26. The third kappa shape index (κ3) is 3.32. The molecule has 1 fully saturated rings. The van der Waals surface area contributed by atoms with Crippen LogP contribution < -0.4 is 0 Å². The molecular weight excluding hydrogens is 230 g/mol. The molecule has 0 aliphatic heterocycles. The van der Waals surface area contributed by atoms with E-state index in [1.54, 1.807) is 6.20 Å². The number of rotatable bonds is 6. The van der Waals surface area contributed by atoms with Gasteiger partial charge in [-0.2, -0.15) is 5.10 Å². The van der Waals surface area contributed by atoms with Gasteiger partial charge in [0.2, 0.25) is 0 Å².